The number of hydrogen-bond acceptors (Lipinski definition) is 4. The Hall–Kier alpha value is -2.76. The van der Waals surface area contributed by atoms with Crippen LogP contribution >= 0.6 is 0 Å². The van der Waals surface area contributed by atoms with Crippen molar-refractivity contribution in [2.45, 2.75) is 38.0 Å². The molecule has 0 spiro atoms. The van der Waals surface area contributed by atoms with E-state index in [0.717, 1.165) is 0 Å². The molecule has 2 aliphatic carbocycles. The molecule has 2 aromatic carbocycles. The second kappa shape index (κ2) is 8.94. The van der Waals surface area contributed by atoms with Gasteiger partial charge in [-0.3, -0.25) is 9.59 Å². The Kier molecular flexibility index (Phi) is 6.54. The molecule has 0 amide bonds. The number of ether oxygens (including phenoxy) is 2. The van der Waals surface area contributed by atoms with Crippen molar-refractivity contribution in [3.05, 3.63) is 71.8 Å². The number of esters is 2. The number of carbonyl (C=O) groups excluding carboxylic acids is 2. The molecule has 0 N–H and O–H groups in total. The van der Waals surface area contributed by atoms with Gasteiger partial charge in [-0.05, 0) is 25.0 Å². The number of halogens is 2. The van der Waals surface area contributed by atoms with Crippen molar-refractivity contribution in [3.8, 4) is 0 Å². The molecule has 0 saturated heterocycles. The van der Waals surface area contributed by atoms with Gasteiger partial charge in [-0.2, -0.15) is 0 Å². The van der Waals surface area contributed by atoms with Gasteiger partial charge >= 0.3 is 11.9 Å². The van der Waals surface area contributed by atoms with E-state index >= 15 is 0 Å². The van der Waals surface area contributed by atoms with Crippen LogP contribution in [-0.2, 0) is 30.4 Å². The summed E-state index contributed by atoms with van der Waals surface area (Å²) in [5.41, 5.74) is -1.84. The molecule has 4 rings (SSSR count). The SMILES string of the molecule is CCOC(=O)C1CC1(F)c1ccccc1.CCOC(=O)C1CC1(F)c1ccccc1. The summed E-state index contributed by atoms with van der Waals surface area (Å²) in [4.78, 5) is 22.7. The van der Waals surface area contributed by atoms with Crippen molar-refractivity contribution < 1.29 is 27.8 Å². The zero-order valence-electron chi connectivity index (χ0n) is 17.1. The van der Waals surface area contributed by atoms with E-state index in [1.165, 1.54) is 0 Å². The predicted octanol–water partition coefficient (Wildman–Crippen LogP) is 4.87. The van der Waals surface area contributed by atoms with Crippen LogP contribution in [0, 0.1) is 11.8 Å². The first-order valence-electron chi connectivity index (χ1n) is 10.2. The minimum Gasteiger partial charge on any atom is -0.466 e. The fourth-order valence-electron chi connectivity index (χ4n) is 3.57. The van der Waals surface area contributed by atoms with Crippen molar-refractivity contribution in [3.63, 3.8) is 0 Å². The lowest BCUT2D eigenvalue weighted by molar-refractivity contribution is -0.146. The first-order valence-corrected chi connectivity index (χ1v) is 10.2. The smallest absolute Gasteiger partial charge is 0.312 e. The van der Waals surface area contributed by atoms with Gasteiger partial charge in [-0.1, -0.05) is 60.7 Å². The molecular weight excluding hydrogens is 390 g/mol. The summed E-state index contributed by atoms with van der Waals surface area (Å²) < 4.78 is 37.9. The summed E-state index contributed by atoms with van der Waals surface area (Å²) >= 11 is 0. The summed E-state index contributed by atoms with van der Waals surface area (Å²) in [5.74, 6) is -2.08. The highest BCUT2D eigenvalue weighted by molar-refractivity contribution is 5.79. The second-order valence-corrected chi connectivity index (χ2v) is 7.47. The maximum Gasteiger partial charge on any atom is 0.312 e. The maximum absolute atomic E-state index is 14.2. The summed E-state index contributed by atoms with van der Waals surface area (Å²) in [6.07, 6.45) is 0.492. The topological polar surface area (TPSA) is 52.6 Å². The average Bonchev–Trinajstić information content (AvgIpc) is 3.66. The highest BCUT2D eigenvalue weighted by atomic mass is 19.1. The standard InChI is InChI=1S/2C12H13FO2/c2*1-2-15-11(14)10-8-12(10,13)9-6-4-3-5-7-9/h2*3-7,10H,2,8H2,1H3. The molecule has 4 unspecified atom stereocenters. The lowest BCUT2D eigenvalue weighted by Crippen LogP contribution is -2.13. The molecule has 2 aliphatic rings. The fraction of sp³-hybridized carbons (Fsp3) is 0.417. The molecule has 2 saturated carbocycles. The number of rotatable bonds is 6. The highest BCUT2D eigenvalue weighted by Crippen LogP contribution is 2.56. The molecule has 160 valence electrons. The molecule has 0 aliphatic heterocycles. The van der Waals surface area contributed by atoms with E-state index in [9.17, 15) is 18.4 Å². The molecule has 0 bridgehead atoms. The predicted molar refractivity (Wildman–Crippen MR) is 108 cm³/mol. The Morgan fingerprint density at radius 1 is 0.767 bits per heavy atom. The first-order chi connectivity index (χ1) is 14.4. The van der Waals surface area contributed by atoms with Gasteiger partial charge in [0.2, 0.25) is 0 Å². The highest BCUT2D eigenvalue weighted by Gasteiger charge is 2.62. The average molecular weight is 416 g/mol. The maximum atomic E-state index is 14.2. The Labute approximate surface area is 175 Å². The third-order valence-electron chi connectivity index (χ3n) is 5.44. The van der Waals surface area contributed by atoms with Crippen molar-refractivity contribution in [2.24, 2.45) is 11.8 Å². The number of benzene rings is 2. The minimum atomic E-state index is -1.49. The summed E-state index contributed by atoms with van der Waals surface area (Å²) in [5, 5.41) is 0. The molecule has 4 nitrogen and oxygen atoms in total. The molecule has 0 heterocycles. The van der Waals surface area contributed by atoms with Crippen LogP contribution in [0.25, 0.3) is 0 Å². The van der Waals surface area contributed by atoms with Crippen LogP contribution in [0.2, 0.25) is 0 Å². The first kappa shape index (κ1) is 21.9. The van der Waals surface area contributed by atoms with Crippen LogP contribution in [0.4, 0.5) is 8.78 Å². The molecule has 30 heavy (non-hydrogen) atoms. The van der Waals surface area contributed by atoms with Gasteiger partial charge in [-0.25, -0.2) is 8.78 Å². The Bertz CT molecular complexity index is 800. The lowest BCUT2D eigenvalue weighted by Gasteiger charge is -2.07. The zero-order chi connectivity index (χ0) is 21.8. The monoisotopic (exact) mass is 416 g/mol. The van der Waals surface area contributed by atoms with Gasteiger partial charge in [0.05, 0.1) is 25.0 Å². The fourth-order valence-corrected chi connectivity index (χ4v) is 3.57. The van der Waals surface area contributed by atoms with E-state index < -0.39 is 35.1 Å². The molecule has 0 radical (unpaired) electrons. The Balaban J connectivity index is 0.000000171. The molecular formula is C24H26F2O4. The third kappa shape index (κ3) is 4.53. The van der Waals surface area contributed by atoms with Crippen molar-refractivity contribution in [1.82, 2.24) is 0 Å². The van der Waals surface area contributed by atoms with E-state index in [2.05, 4.69) is 0 Å². The number of hydrogen-bond donors (Lipinski definition) is 0. The van der Waals surface area contributed by atoms with E-state index in [0.29, 0.717) is 24.3 Å². The molecule has 4 atom stereocenters. The van der Waals surface area contributed by atoms with Crippen LogP contribution in [0.5, 0.6) is 0 Å². The Morgan fingerprint density at radius 3 is 1.40 bits per heavy atom. The van der Waals surface area contributed by atoms with Crippen molar-refractivity contribution in [1.29, 1.82) is 0 Å². The van der Waals surface area contributed by atoms with Crippen molar-refractivity contribution in [2.75, 3.05) is 13.2 Å². The van der Waals surface area contributed by atoms with Crippen molar-refractivity contribution >= 4 is 11.9 Å². The minimum absolute atomic E-state index is 0.246. The van der Waals surface area contributed by atoms with Crippen LogP contribution in [0.1, 0.15) is 37.8 Å². The van der Waals surface area contributed by atoms with E-state index in [4.69, 9.17) is 9.47 Å². The molecule has 0 aromatic heterocycles. The van der Waals surface area contributed by atoms with Crippen LogP contribution in [0.15, 0.2) is 60.7 Å². The van der Waals surface area contributed by atoms with Gasteiger partial charge in [-0.15, -0.1) is 0 Å². The van der Waals surface area contributed by atoms with Gasteiger partial charge in [0.15, 0.2) is 0 Å². The van der Waals surface area contributed by atoms with Gasteiger partial charge in [0.25, 0.3) is 0 Å². The van der Waals surface area contributed by atoms with Gasteiger partial charge in [0, 0.05) is 12.8 Å². The van der Waals surface area contributed by atoms with Crippen LogP contribution in [0.3, 0.4) is 0 Å². The zero-order valence-corrected chi connectivity index (χ0v) is 17.1. The molecule has 2 aromatic rings. The van der Waals surface area contributed by atoms with Gasteiger partial charge < -0.3 is 9.47 Å². The lowest BCUT2D eigenvalue weighted by atomic mass is 10.1. The van der Waals surface area contributed by atoms with E-state index in [1.807, 2.05) is 12.1 Å². The Morgan fingerprint density at radius 2 is 1.10 bits per heavy atom. The largest absolute Gasteiger partial charge is 0.466 e. The summed E-state index contributed by atoms with van der Waals surface area (Å²) in [6, 6.07) is 17.6. The number of carbonyl (C=O) groups is 2. The summed E-state index contributed by atoms with van der Waals surface area (Å²) in [7, 11) is 0. The quantitative estimate of drug-likeness (QED) is 0.631. The third-order valence-corrected chi connectivity index (χ3v) is 5.44. The number of alkyl halides is 2. The van der Waals surface area contributed by atoms with E-state index in [1.54, 1.807) is 62.4 Å². The normalized spacial score (nSPS) is 28.5. The van der Waals surface area contributed by atoms with Gasteiger partial charge in [0.1, 0.15) is 11.3 Å². The molecule has 2 fully saturated rings. The summed E-state index contributed by atoms with van der Waals surface area (Å²) in [6.45, 7) is 4.06. The molecule has 6 heteroatoms. The second-order valence-electron chi connectivity index (χ2n) is 7.47. The van der Waals surface area contributed by atoms with Crippen LogP contribution in [-0.4, -0.2) is 25.2 Å². The van der Waals surface area contributed by atoms with E-state index in [-0.39, 0.29) is 12.8 Å². The van der Waals surface area contributed by atoms with Crippen LogP contribution < -0.4 is 0 Å².